The van der Waals surface area contributed by atoms with Gasteiger partial charge >= 0.3 is 0 Å². The van der Waals surface area contributed by atoms with Crippen LogP contribution in [-0.4, -0.2) is 34.1 Å². The van der Waals surface area contributed by atoms with Crippen molar-refractivity contribution in [3.05, 3.63) is 51.9 Å². The van der Waals surface area contributed by atoms with Crippen molar-refractivity contribution < 1.29 is 4.79 Å². The number of thioether (sulfide) groups is 1. The van der Waals surface area contributed by atoms with Gasteiger partial charge in [-0.15, -0.1) is 11.8 Å². The first-order chi connectivity index (χ1) is 9.63. The summed E-state index contributed by atoms with van der Waals surface area (Å²) in [7, 11) is 1.75. The van der Waals surface area contributed by atoms with Crippen LogP contribution in [0.4, 0.5) is 0 Å². The lowest BCUT2D eigenvalue weighted by atomic mass is 10.1. The zero-order valence-corrected chi connectivity index (χ0v) is 11.9. The number of nitrogens with one attached hydrogen (secondary N) is 1. The zero-order valence-electron chi connectivity index (χ0n) is 11.1. The number of nitrogens with zero attached hydrogens (tertiary/aromatic N) is 2. The third-order valence-electron chi connectivity index (χ3n) is 3.38. The number of amides is 1. The second-order valence-electron chi connectivity index (χ2n) is 4.56. The van der Waals surface area contributed by atoms with E-state index in [9.17, 15) is 9.59 Å². The third-order valence-corrected chi connectivity index (χ3v) is 4.38. The molecule has 20 heavy (non-hydrogen) atoms. The maximum atomic E-state index is 12.2. The third kappa shape index (κ3) is 1.84. The Bertz CT molecular complexity index is 727. The van der Waals surface area contributed by atoms with E-state index in [-0.39, 0.29) is 16.8 Å². The monoisotopic (exact) mass is 287 g/mol. The Morgan fingerprint density at radius 1 is 1.35 bits per heavy atom. The number of hydrogen-bond donors (Lipinski definition) is 1. The average molecular weight is 287 g/mol. The van der Waals surface area contributed by atoms with Gasteiger partial charge in [0.2, 0.25) is 5.56 Å². The number of fused-ring (bicyclic) bond motifs is 1. The summed E-state index contributed by atoms with van der Waals surface area (Å²) in [4.78, 5) is 32.8. The number of H-pyrrole nitrogens is 1. The Morgan fingerprint density at radius 2 is 2.15 bits per heavy atom. The number of rotatable bonds is 2. The van der Waals surface area contributed by atoms with E-state index in [2.05, 4.69) is 9.97 Å². The fourth-order valence-corrected chi connectivity index (χ4v) is 3.37. The van der Waals surface area contributed by atoms with Gasteiger partial charge in [-0.2, -0.15) is 0 Å². The van der Waals surface area contributed by atoms with Crippen molar-refractivity contribution in [1.82, 2.24) is 14.9 Å². The maximum Gasteiger partial charge on any atom is 0.255 e. The number of carbonyl (C=O) groups is 1. The first-order valence-electron chi connectivity index (χ1n) is 6.12. The van der Waals surface area contributed by atoms with E-state index < -0.39 is 0 Å². The van der Waals surface area contributed by atoms with Crippen molar-refractivity contribution in [2.24, 2.45) is 0 Å². The molecule has 1 amide bonds. The number of carbonyl (C=O) groups excluding carboxylic acids is 1. The van der Waals surface area contributed by atoms with Crippen LogP contribution in [0.3, 0.4) is 0 Å². The van der Waals surface area contributed by atoms with E-state index in [4.69, 9.17) is 0 Å². The second kappa shape index (κ2) is 4.79. The first kappa shape index (κ1) is 12.9. The predicted octanol–water partition coefficient (Wildman–Crippen LogP) is 1.88. The lowest BCUT2D eigenvalue weighted by Gasteiger charge is -2.19. The highest BCUT2D eigenvalue weighted by atomic mass is 32.2. The molecule has 102 valence electrons. The van der Waals surface area contributed by atoms with E-state index in [1.54, 1.807) is 29.9 Å². The Kier molecular flexibility index (Phi) is 3.10. The largest absolute Gasteiger partial charge is 0.325 e. The van der Waals surface area contributed by atoms with Crippen LogP contribution in [0.15, 0.2) is 35.3 Å². The molecule has 0 spiro atoms. The predicted molar refractivity (Wildman–Crippen MR) is 78.6 cm³/mol. The Labute approximate surface area is 120 Å². The molecule has 0 aromatic carbocycles. The summed E-state index contributed by atoms with van der Waals surface area (Å²) in [6, 6.07) is 6.87. The molecule has 2 aromatic heterocycles. The first-order valence-corrected chi connectivity index (χ1v) is 7.41. The molecule has 3 rings (SSSR count). The standard InChI is InChI=1S/C14H13N3O2S/c1-17-13(19)8-7-10(18)16-12(11(8)14(17)20-2)9-5-3-4-6-15-9/h3-7,14H,1-2H3,(H,16,18)/t14-/m0/s1. The number of pyridine rings is 2. The highest BCUT2D eigenvalue weighted by molar-refractivity contribution is 7.98. The van der Waals surface area contributed by atoms with Crippen LogP contribution >= 0.6 is 11.8 Å². The molecule has 6 heteroatoms. The van der Waals surface area contributed by atoms with Crippen LogP contribution in [0.2, 0.25) is 0 Å². The van der Waals surface area contributed by atoms with Crippen LogP contribution < -0.4 is 5.56 Å². The lowest BCUT2D eigenvalue weighted by molar-refractivity contribution is 0.0813. The molecule has 0 aliphatic carbocycles. The normalized spacial score (nSPS) is 17.4. The molecule has 3 heterocycles. The fourth-order valence-electron chi connectivity index (χ4n) is 2.48. The van der Waals surface area contributed by atoms with Gasteiger partial charge in [0.1, 0.15) is 5.37 Å². The molecule has 0 fully saturated rings. The fraction of sp³-hybridized carbons (Fsp3) is 0.214. The van der Waals surface area contributed by atoms with Crippen LogP contribution in [0.25, 0.3) is 11.4 Å². The molecule has 5 nitrogen and oxygen atoms in total. The van der Waals surface area contributed by atoms with Gasteiger partial charge in [-0.05, 0) is 18.4 Å². The van der Waals surface area contributed by atoms with Crippen LogP contribution in [0.1, 0.15) is 21.3 Å². The van der Waals surface area contributed by atoms with Gasteiger partial charge < -0.3 is 9.88 Å². The molecule has 1 aliphatic heterocycles. The number of hydrogen-bond acceptors (Lipinski definition) is 4. The summed E-state index contributed by atoms with van der Waals surface area (Å²) < 4.78 is 0. The van der Waals surface area contributed by atoms with E-state index in [1.165, 1.54) is 6.07 Å². The number of aromatic nitrogens is 2. The molecule has 0 radical (unpaired) electrons. The van der Waals surface area contributed by atoms with Crippen molar-refractivity contribution in [3.8, 4) is 11.4 Å². The van der Waals surface area contributed by atoms with Gasteiger partial charge in [0.15, 0.2) is 0 Å². The minimum atomic E-state index is -0.284. The summed E-state index contributed by atoms with van der Waals surface area (Å²) in [5.41, 5.74) is 2.32. The molecule has 0 saturated heterocycles. The molecule has 0 saturated carbocycles. The zero-order chi connectivity index (χ0) is 14.3. The minimum absolute atomic E-state index is 0.105. The molecule has 0 bridgehead atoms. The van der Waals surface area contributed by atoms with Gasteiger partial charge in [-0.25, -0.2) is 0 Å². The summed E-state index contributed by atoms with van der Waals surface area (Å²) in [5.74, 6) is -0.123. The van der Waals surface area contributed by atoms with Crippen molar-refractivity contribution in [1.29, 1.82) is 0 Å². The van der Waals surface area contributed by atoms with E-state index in [0.29, 0.717) is 17.0 Å². The average Bonchev–Trinajstić information content (AvgIpc) is 2.71. The van der Waals surface area contributed by atoms with Crippen LogP contribution in [-0.2, 0) is 0 Å². The molecule has 1 atom stereocenters. The molecule has 2 aromatic rings. The SMILES string of the molecule is CS[C@H]1c2c(cc(=O)[nH]c2-c2ccccn2)C(=O)N1C. The van der Waals surface area contributed by atoms with Gasteiger partial charge in [0.25, 0.3) is 5.91 Å². The highest BCUT2D eigenvalue weighted by Gasteiger charge is 2.37. The summed E-state index contributed by atoms with van der Waals surface area (Å²) in [6.45, 7) is 0. The van der Waals surface area contributed by atoms with E-state index in [1.807, 2.05) is 24.5 Å². The van der Waals surface area contributed by atoms with Crippen LogP contribution in [0, 0.1) is 0 Å². The quantitative estimate of drug-likeness (QED) is 0.916. The van der Waals surface area contributed by atoms with Gasteiger partial charge in [0, 0.05) is 24.9 Å². The summed E-state index contributed by atoms with van der Waals surface area (Å²) in [6.07, 6.45) is 3.61. The van der Waals surface area contributed by atoms with Crippen molar-refractivity contribution in [2.45, 2.75) is 5.37 Å². The second-order valence-corrected chi connectivity index (χ2v) is 5.47. The van der Waals surface area contributed by atoms with Gasteiger partial charge in [-0.1, -0.05) is 6.07 Å². The minimum Gasteiger partial charge on any atom is -0.325 e. The molecular weight excluding hydrogens is 274 g/mol. The van der Waals surface area contributed by atoms with E-state index >= 15 is 0 Å². The molecular formula is C14H13N3O2S. The van der Waals surface area contributed by atoms with Crippen LogP contribution in [0.5, 0.6) is 0 Å². The number of aromatic amines is 1. The van der Waals surface area contributed by atoms with Gasteiger partial charge in [0.05, 0.1) is 17.0 Å². The molecule has 1 N–H and O–H groups in total. The molecule has 0 unspecified atom stereocenters. The summed E-state index contributed by atoms with van der Waals surface area (Å²) in [5, 5.41) is -0.105. The maximum absolute atomic E-state index is 12.2. The Morgan fingerprint density at radius 3 is 2.80 bits per heavy atom. The Hall–Kier alpha value is -2.08. The smallest absolute Gasteiger partial charge is 0.255 e. The topological polar surface area (TPSA) is 66.1 Å². The Balaban J connectivity index is 2.31. The van der Waals surface area contributed by atoms with Crippen molar-refractivity contribution >= 4 is 17.7 Å². The van der Waals surface area contributed by atoms with E-state index in [0.717, 1.165) is 5.56 Å². The lowest BCUT2D eigenvalue weighted by Crippen LogP contribution is -2.21. The van der Waals surface area contributed by atoms with Crippen molar-refractivity contribution in [2.75, 3.05) is 13.3 Å². The van der Waals surface area contributed by atoms with Crippen molar-refractivity contribution in [3.63, 3.8) is 0 Å². The highest BCUT2D eigenvalue weighted by Crippen LogP contribution is 2.42. The summed E-state index contributed by atoms with van der Waals surface area (Å²) >= 11 is 1.56. The molecule has 1 aliphatic rings. The van der Waals surface area contributed by atoms with Gasteiger partial charge in [-0.3, -0.25) is 14.6 Å².